The molecule has 188 valence electrons. The average Bonchev–Trinajstić information content (AvgIpc) is 2.78. The fourth-order valence-electron chi connectivity index (χ4n) is 4.63. The fraction of sp³-hybridized carbons (Fsp3) is 0.923. The number of ether oxygens (including phenoxy) is 1. The van der Waals surface area contributed by atoms with Crippen molar-refractivity contribution in [2.75, 3.05) is 26.2 Å². The van der Waals surface area contributed by atoms with Crippen LogP contribution in [0.5, 0.6) is 0 Å². The fourth-order valence-corrected chi connectivity index (χ4v) is 4.63. The number of carbonyl (C=O) groups is 2. The van der Waals surface area contributed by atoms with E-state index in [0.29, 0.717) is 25.5 Å². The largest absolute Gasteiger partial charge is 0.481 e. The van der Waals surface area contributed by atoms with Crippen LogP contribution in [-0.4, -0.2) is 54.4 Å². The lowest BCUT2D eigenvalue weighted by Gasteiger charge is -2.31. The molecule has 0 saturated heterocycles. The van der Waals surface area contributed by atoms with Gasteiger partial charge in [-0.05, 0) is 50.9 Å². The molecule has 1 saturated carbocycles. The van der Waals surface area contributed by atoms with Crippen molar-refractivity contribution in [2.45, 2.75) is 117 Å². The van der Waals surface area contributed by atoms with Gasteiger partial charge in [-0.1, -0.05) is 65.7 Å². The molecule has 0 aliphatic heterocycles. The predicted molar refractivity (Wildman–Crippen MR) is 131 cm³/mol. The van der Waals surface area contributed by atoms with Crippen molar-refractivity contribution in [3.8, 4) is 0 Å². The quantitative estimate of drug-likeness (QED) is 0.240. The van der Waals surface area contributed by atoms with E-state index in [1.165, 1.54) is 32.1 Å². The number of unbranched alkanes of at least 4 members (excludes halogenated alkanes) is 5. The van der Waals surface area contributed by atoms with Crippen LogP contribution in [0.25, 0.3) is 0 Å². The Labute approximate surface area is 196 Å². The third kappa shape index (κ3) is 12.7. The summed E-state index contributed by atoms with van der Waals surface area (Å²) in [5.41, 5.74) is 0. The highest BCUT2D eigenvalue weighted by atomic mass is 16.5. The molecule has 1 unspecified atom stereocenters. The molecule has 1 aliphatic carbocycles. The maximum atomic E-state index is 12.6. The first-order valence-electron chi connectivity index (χ1n) is 13.4. The van der Waals surface area contributed by atoms with Crippen molar-refractivity contribution in [2.24, 2.45) is 11.8 Å². The van der Waals surface area contributed by atoms with Gasteiger partial charge in [-0.3, -0.25) is 4.79 Å². The molecule has 0 aromatic heterocycles. The molecule has 1 fully saturated rings. The highest BCUT2D eigenvalue weighted by molar-refractivity contribution is 5.74. The maximum Gasteiger partial charge on any atom is 0.317 e. The van der Waals surface area contributed by atoms with Gasteiger partial charge in [0.1, 0.15) is 0 Å². The van der Waals surface area contributed by atoms with E-state index in [0.717, 1.165) is 64.5 Å². The zero-order valence-corrected chi connectivity index (χ0v) is 21.1. The minimum atomic E-state index is -0.664. The van der Waals surface area contributed by atoms with Crippen molar-refractivity contribution >= 4 is 12.0 Å². The number of rotatable bonds is 18. The highest BCUT2D eigenvalue weighted by Gasteiger charge is 2.25. The molecule has 0 bridgehead atoms. The number of amides is 2. The van der Waals surface area contributed by atoms with Crippen LogP contribution in [0.4, 0.5) is 4.79 Å². The topological polar surface area (TPSA) is 78.9 Å². The molecule has 32 heavy (non-hydrogen) atoms. The Balaban J connectivity index is 2.40. The molecule has 0 spiro atoms. The van der Waals surface area contributed by atoms with E-state index in [2.05, 4.69) is 19.2 Å². The summed E-state index contributed by atoms with van der Waals surface area (Å²) in [4.78, 5) is 25.8. The molecular weight excluding hydrogens is 404 g/mol. The van der Waals surface area contributed by atoms with Crippen LogP contribution in [0.15, 0.2) is 0 Å². The van der Waals surface area contributed by atoms with Crippen LogP contribution >= 0.6 is 0 Å². The molecule has 6 nitrogen and oxygen atoms in total. The molecule has 0 aromatic carbocycles. The van der Waals surface area contributed by atoms with Gasteiger partial charge in [-0.2, -0.15) is 0 Å². The maximum absolute atomic E-state index is 12.6. The van der Waals surface area contributed by atoms with Gasteiger partial charge in [0.05, 0.1) is 18.6 Å². The first-order valence-corrected chi connectivity index (χ1v) is 13.4. The van der Waals surface area contributed by atoms with Gasteiger partial charge in [-0.25, -0.2) is 4.79 Å². The van der Waals surface area contributed by atoms with Crippen molar-refractivity contribution in [1.29, 1.82) is 0 Å². The molecule has 0 radical (unpaired) electrons. The minimum Gasteiger partial charge on any atom is -0.481 e. The Bertz CT molecular complexity index is 500. The van der Waals surface area contributed by atoms with Crippen LogP contribution in [0.3, 0.4) is 0 Å². The first kappa shape index (κ1) is 28.7. The molecule has 6 heteroatoms. The van der Waals surface area contributed by atoms with Gasteiger partial charge < -0.3 is 20.1 Å². The lowest BCUT2D eigenvalue weighted by Crippen LogP contribution is -2.43. The molecular formula is C26H50N2O4. The van der Waals surface area contributed by atoms with Gasteiger partial charge >= 0.3 is 12.0 Å². The molecule has 2 amide bonds. The number of carboxylic acid groups (broad SMARTS) is 1. The van der Waals surface area contributed by atoms with Crippen molar-refractivity contribution in [3.63, 3.8) is 0 Å². The van der Waals surface area contributed by atoms with Gasteiger partial charge in [0.15, 0.2) is 0 Å². The number of nitrogens with zero attached hydrogens (tertiary/aromatic N) is 1. The third-order valence-corrected chi connectivity index (χ3v) is 6.84. The zero-order chi connectivity index (χ0) is 23.6. The van der Waals surface area contributed by atoms with E-state index in [1.807, 2.05) is 11.8 Å². The number of hydrogen-bond donors (Lipinski definition) is 2. The molecule has 1 aliphatic rings. The van der Waals surface area contributed by atoms with Crippen LogP contribution in [0.2, 0.25) is 0 Å². The third-order valence-electron chi connectivity index (χ3n) is 6.84. The molecule has 3 atom stereocenters. The number of urea groups is 1. The summed E-state index contributed by atoms with van der Waals surface area (Å²) < 4.78 is 6.21. The summed E-state index contributed by atoms with van der Waals surface area (Å²) in [5, 5.41) is 12.3. The SMILES string of the molecule is CCCCCCCN(CCO[C@H]1CCC[C@@H](CCC(CC)C(=O)O)C1)C(=O)NCCCC. The van der Waals surface area contributed by atoms with Gasteiger partial charge in [-0.15, -0.1) is 0 Å². The van der Waals surface area contributed by atoms with E-state index < -0.39 is 5.97 Å². The molecule has 1 rings (SSSR count). The average molecular weight is 455 g/mol. The normalized spacial score (nSPS) is 19.5. The highest BCUT2D eigenvalue weighted by Crippen LogP contribution is 2.31. The Kier molecular flexibility index (Phi) is 16.3. The van der Waals surface area contributed by atoms with Crippen LogP contribution in [0, 0.1) is 11.8 Å². The number of hydrogen-bond acceptors (Lipinski definition) is 3. The van der Waals surface area contributed by atoms with E-state index in [4.69, 9.17) is 4.74 Å². The molecule has 0 heterocycles. The minimum absolute atomic E-state index is 0.0401. The van der Waals surface area contributed by atoms with Gasteiger partial charge in [0, 0.05) is 19.6 Å². The summed E-state index contributed by atoms with van der Waals surface area (Å²) >= 11 is 0. The number of nitrogens with one attached hydrogen (secondary N) is 1. The summed E-state index contributed by atoms with van der Waals surface area (Å²) in [6, 6.07) is 0.0401. The number of carbonyl (C=O) groups excluding carboxylic acids is 1. The summed E-state index contributed by atoms with van der Waals surface area (Å²) in [7, 11) is 0. The van der Waals surface area contributed by atoms with E-state index in [9.17, 15) is 14.7 Å². The number of aliphatic carboxylic acids is 1. The van der Waals surface area contributed by atoms with Crippen molar-refractivity contribution in [1.82, 2.24) is 10.2 Å². The van der Waals surface area contributed by atoms with E-state index in [-0.39, 0.29) is 18.1 Å². The van der Waals surface area contributed by atoms with Crippen LogP contribution in [-0.2, 0) is 9.53 Å². The van der Waals surface area contributed by atoms with E-state index in [1.54, 1.807) is 0 Å². The second-order valence-corrected chi connectivity index (χ2v) is 9.53. The summed E-state index contributed by atoms with van der Waals surface area (Å²) in [6.07, 6.45) is 15.2. The molecule has 0 aromatic rings. The number of carboxylic acids is 1. The molecule has 2 N–H and O–H groups in total. The van der Waals surface area contributed by atoms with Crippen LogP contribution < -0.4 is 5.32 Å². The summed E-state index contributed by atoms with van der Waals surface area (Å²) in [5.74, 6) is -0.314. The van der Waals surface area contributed by atoms with Crippen molar-refractivity contribution < 1.29 is 19.4 Å². The van der Waals surface area contributed by atoms with Crippen molar-refractivity contribution in [3.05, 3.63) is 0 Å². The second-order valence-electron chi connectivity index (χ2n) is 9.53. The standard InChI is InChI=1S/C26H50N2O4/c1-4-7-9-10-11-18-28(26(31)27-17-8-5-2)19-20-32-24-14-12-13-22(21-24)15-16-23(6-3)25(29)30/h22-24H,4-21H2,1-3H3,(H,27,31)(H,29,30)/t22-,23?,24-/m0/s1. The first-order chi connectivity index (χ1) is 15.5. The predicted octanol–water partition coefficient (Wildman–Crippen LogP) is 6.23. The second kappa shape index (κ2) is 18.2. The monoisotopic (exact) mass is 454 g/mol. The Morgan fingerprint density at radius 3 is 2.47 bits per heavy atom. The van der Waals surface area contributed by atoms with E-state index >= 15 is 0 Å². The van der Waals surface area contributed by atoms with Gasteiger partial charge in [0.2, 0.25) is 0 Å². The van der Waals surface area contributed by atoms with Crippen LogP contribution in [0.1, 0.15) is 111 Å². The van der Waals surface area contributed by atoms with Gasteiger partial charge in [0.25, 0.3) is 0 Å². The summed E-state index contributed by atoms with van der Waals surface area (Å²) in [6.45, 7) is 9.07. The smallest absolute Gasteiger partial charge is 0.317 e. The zero-order valence-electron chi connectivity index (χ0n) is 21.1. The Hall–Kier alpha value is -1.30. The Morgan fingerprint density at radius 2 is 1.78 bits per heavy atom. The lowest BCUT2D eigenvalue weighted by atomic mass is 9.82. The Morgan fingerprint density at radius 1 is 1.03 bits per heavy atom. The lowest BCUT2D eigenvalue weighted by molar-refractivity contribution is -0.142.